The first-order chi connectivity index (χ1) is 18.7. The van der Waals surface area contributed by atoms with Gasteiger partial charge in [0.2, 0.25) is 5.88 Å². The van der Waals surface area contributed by atoms with Crippen molar-refractivity contribution in [1.82, 2.24) is 14.4 Å². The number of rotatable bonds is 8. The fraction of sp³-hybridized carbons (Fsp3) is 0.0690. The van der Waals surface area contributed by atoms with E-state index in [-0.39, 0.29) is 11.5 Å². The van der Waals surface area contributed by atoms with E-state index in [9.17, 15) is 4.79 Å². The Balaban J connectivity index is 1.56. The van der Waals surface area contributed by atoms with Crippen molar-refractivity contribution in [2.24, 2.45) is 0 Å². The second kappa shape index (κ2) is 10.3. The molecule has 0 radical (unpaired) electrons. The number of carbonyl (C=O) groups is 1. The lowest BCUT2D eigenvalue weighted by molar-refractivity contribution is 0.0561. The Morgan fingerprint density at radius 3 is 2.45 bits per heavy atom. The van der Waals surface area contributed by atoms with Gasteiger partial charge >= 0.3 is 5.97 Å². The predicted octanol–water partition coefficient (Wildman–Crippen LogP) is 6.90. The van der Waals surface area contributed by atoms with Gasteiger partial charge < -0.3 is 18.3 Å². The summed E-state index contributed by atoms with van der Waals surface area (Å²) in [5.41, 5.74) is 2.90. The maximum Gasteiger partial charge on any atom is 0.377 e. The molecule has 8 nitrogen and oxygen atoms in total. The first-order valence-corrected chi connectivity index (χ1v) is 12.6. The molecule has 6 rings (SSSR count). The lowest BCUT2D eigenvalue weighted by Crippen LogP contribution is -2.03. The quantitative estimate of drug-likeness (QED) is 0.199. The number of hydrogen-bond acceptors (Lipinski definition) is 8. The molecular weight excluding hydrogens is 502 g/mol. The number of imidazole rings is 1. The molecule has 0 bridgehead atoms. The van der Waals surface area contributed by atoms with Crippen LogP contribution < -0.4 is 4.74 Å². The van der Waals surface area contributed by atoms with Crippen molar-refractivity contribution in [1.29, 1.82) is 0 Å². The van der Waals surface area contributed by atoms with Gasteiger partial charge in [0.25, 0.3) is 5.76 Å². The van der Waals surface area contributed by atoms with Crippen molar-refractivity contribution in [2.75, 3.05) is 7.11 Å². The van der Waals surface area contributed by atoms with Crippen LogP contribution >= 0.6 is 11.8 Å². The van der Waals surface area contributed by atoms with Gasteiger partial charge in [-0.1, -0.05) is 60.3 Å². The summed E-state index contributed by atoms with van der Waals surface area (Å²) >= 11 is 1.51. The fourth-order valence-corrected chi connectivity index (χ4v) is 4.88. The average Bonchev–Trinajstić information content (AvgIpc) is 3.71. The van der Waals surface area contributed by atoms with Crippen LogP contribution in [0.25, 0.3) is 16.9 Å². The van der Waals surface area contributed by atoms with E-state index in [1.54, 1.807) is 12.3 Å². The number of fused-ring (bicyclic) bond motifs is 1. The highest BCUT2D eigenvalue weighted by Crippen LogP contribution is 2.37. The molecule has 0 saturated heterocycles. The molecule has 38 heavy (non-hydrogen) atoms. The largest absolute Gasteiger partial charge is 0.469 e. The maximum atomic E-state index is 12.3. The number of aromatic nitrogens is 3. The number of esters is 1. The predicted molar refractivity (Wildman–Crippen MR) is 141 cm³/mol. The monoisotopic (exact) mass is 523 g/mol. The number of carbonyl (C=O) groups excluding carboxylic acids is 1. The molecule has 4 aromatic heterocycles. The molecule has 2 aromatic carbocycles. The molecule has 0 aliphatic rings. The number of furan rings is 2. The topological polar surface area (TPSA) is 92.0 Å². The van der Waals surface area contributed by atoms with Crippen LogP contribution in [-0.4, -0.2) is 27.4 Å². The first kappa shape index (κ1) is 23.6. The number of benzene rings is 2. The smallest absolute Gasteiger partial charge is 0.377 e. The Hall–Kier alpha value is -4.76. The van der Waals surface area contributed by atoms with Crippen LogP contribution in [0, 0.1) is 0 Å². The van der Waals surface area contributed by atoms with E-state index in [2.05, 4.69) is 0 Å². The van der Waals surface area contributed by atoms with Crippen molar-refractivity contribution >= 4 is 23.4 Å². The molecule has 0 unspecified atom stereocenters. The molecule has 0 aliphatic heterocycles. The zero-order valence-electron chi connectivity index (χ0n) is 20.2. The number of nitrogens with zero attached hydrogens (tertiary/aromatic N) is 3. The van der Waals surface area contributed by atoms with Gasteiger partial charge in [-0.2, -0.15) is 0 Å². The zero-order valence-corrected chi connectivity index (χ0v) is 21.1. The molecule has 0 fully saturated rings. The van der Waals surface area contributed by atoms with Crippen LogP contribution in [0.15, 0.2) is 116 Å². The number of ether oxygens (including phenoxy) is 2. The van der Waals surface area contributed by atoms with Crippen molar-refractivity contribution in [2.45, 2.75) is 16.3 Å². The molecule has 4 heterocycles. The summed E-state index contributed by atoms with van der Waals surface area (Å²) < 4.78 is 24.0. The summed E-state index contributed by atoms with van der Waals surface area (Å²) in [5.74, 6) is 0.667. The van der Waals surface area contributed by atoms with E-state index < -0.39 is 5.97 Å². The molecule has 0 N–H and O–H groups in total. The SMILES string of the molecule is COC(=O)c1occc1Oc1c(Cc2ccco2)nc2c(Sc3ccccc3)nc(-c3ccccc3)cn12. The summed E-state index contributed by atoms with van der Waals surface area (Å²) in [5, 5.41) is 0.702. The minimum atomic E-state index is -0.640. The van der Waals surface area contributed by atoms with Gasteiger partial charge in [-0.3, -0.25) is 4.40 Å². The van der Waals surface area contributed by atoms with Gasteiger partial charge in [0.1, 0.15) is 16.5 Å². The van der Waals surface area contributed by atoms with E-state index in [0.29, 0.717) is 34.4 Å². The normalized spacial score (nSPS) is 11.1. The van der Waals surface area contributed by atoms with E-state index in [1.165, 1.54) is 25.1 Å². The van der Waals surface area contributed by atoms with Crippen LogP contribution in [0.4, 0.5) is 0 Å². The second-order valence-electron chi connectivity index (χ2n) is 8.23. The summed E-state index contributed by atoms with van der Waals surface area (Å²) in [6.07, 6.45) is 5.24. The number of methoxy groups -OCH3 is 1. The zero-order chi connectivity index (χ0) is 25.9. The summed E-state index contributed by atoms with van der Waals surface area (Å²) in [7, 11) is 1.29. The molecule has 0 atom stereocenters. The molecule has 0 aliphatic carbocycles. The van der Waals surface area contributed by atoms with Crippen molar-refractivity contribution in [3.8, 4) is 22.9 Å². The highest BCUT2D eigenvalue weighted by atomic mass is 32.2. The summed E-state index contributed by atoms with van der Waals surface area (Å²) in [6, 6.07) is 25.1. The van der Waals surface area contributed by atoms with Crippen LogP contribution in [0.3, 0.4) is 0 Å². The van der Waals surface area contributed by atoms with Crippen molar-refractivity contribution in [3.05, 3.63) is 115 Å². The van der Waals surface area contributed by atoms with E-state index in [1.807, 2.05) is 83.4 Å². The average molecular weight is 524 g/mol. The molecule has 6 aromatic rings. The summed E-state index contributed by atoms with van der Waals surface area (Å²) in [6.45, 7) is 0. The van der Waals surface area contributed by atoms with Crippen molar-refractivity contribution in [3.63, 3.8) is 0 Å². The molecular formula is C29H21N3O5S. The second-order valence-corrected chi connectivity index (χ2v) is 9.30. The highest BCUT2D eigenvalue weighted by Gasteiger charge is 2.25. The molecule has 188 valence electrons. The third-order valence-corrected chi connectivity index (χ3v) is 6.73. The maximum absolute atomic E-state index is 12.3. The highest BCUT2D eigenvalue weighted by molar-refractivity contribution is 7.99. The Morgan fingerprint density at radius 1 is 0.921 bits per heavy atom. The molecule has 0 spiro atoms. The van der Waals surface area contributed by atoms with E-state index >= 15 is 0 Å². The third kappa shape index (κ3) is 4.67. The molecule has 0 amide bonds. The summed E-state index contributed by atoms with van der Waals surface area (Å²) in [4.78, 5) is 23.2. The minimum absolute atomic E-state index is 0.0392. The lowest BCUT2D eigenvalue weighted by atomic mass is 10.2. The van der Waals surface area contributed by atoms with Gasteiger partial charge in [0.05, 0.1) is 31.8 Å². The molecule has 9 heteroatoms. The third-order valence-electron chi connectivity index (χ3n) is 5.75. The molecule has 0 saturated carbocycles. The van der Waals surface area contributed by atoms with Crippen LogP contribution in [0.2, 0.25) is 0 Å². The van der Waals surface area contributed by atoms with Gasteiger partial charge in [-0.15, -0.1) is 0 Å². The first-order valence-electron chi connectivity index (χ1n) is 11.8. The van der Waals surface area contributed by atoms with E-state index in [0.717, 1.165) is 16.2 Å². The number of hydrogen-bond donors (Lipinski definition) is 0. The Labute approximate surface area is 221 Å². The van der Waals surface area contributed by atoms with Crippen molar-refractivity contribution < 1.29 is 23.1 Å². The van der Waals surface area contributed by atoms with Crippen LogP contribution in [-0.2, 0) is 11.2 Å². The van der Waals surface area contributed by atoms with Gasteiger partial charge in [0.15, 0.2) is 11.4 Å². The Kier molecular flexibility index (Phi) is 6.41. The van der Waals surface area contributed by atoms with E-state index in [4.69, 9.17) is 28.3 Å². The van der Waals surface area contributed by atoms with Gasteiger partial charge in [-0.25, -0.2) is 14.8 Å². The standard InChI is InChI=1S/C29H21N3O5S/c1-34-29(33)25-24(14-16-36-25)37-28-22(17-20-11-8-15-35-20)30-26-27(38-21-12-6-3-7-13-21)31-23(18-32(26)28)19-9-4-2-5-10-19/h2-16,18H,17H2,1H3. The lowest BCUT2D eigenvalue weighted by Gasteiger charge is -2.10. The Bertz CT molecular complexity index is 1690. The van der Waals surface area contributed by atoms with Crippen LogP contribution in [0.5, 0.6) is 11.6 Å². The van der Waals surface area contributed by atoms with Gasteiger partial charge in [0, 0.05) is 22.7 Å². The Morgan fingerprint density at radius 2 is 1.71 bits per heavy atom. The van der Waals surface area contributed by atoms with Crippen LogP contribution in [0.1, 0.15) is 22.0 Å². The van der Waals surface area contributed by atoms with Gasteiger partial charge in [-0.05, 0) is 24.3 Å². The fourth-order valence-electron chi connectivity index (χ4n) is 3.99. The minimum Gasteiger partial charge on any atom is -0.469 e.